The summed E-state index contributed by atoms with van der Waals surface area (Å²) in [6.07, 6.45) is 4.26. The number of fused-ring (bicyclic) bond motifs is 6. The molecule has 0 saturated carbocycles. The van der Waals surface area contributed by atoms with Crippen molar-refractivity contribution in [1.29, 1.82) is 0 Å². The minimum atomic E-state index is -1.29. The number of carbonyl (C=O) groups is 5. The fourth-order valence-corrected chi connectivity index (χ4v) is 9.94. The number of likely N-dealkylation sites (tertiary alicyclic amines) is 1. The molecule has 15 heteroatoms. The number of cyclic esters (lactones) is 1. The number of likely N-dealkylation sites (N-methyl/N-ethyl adjacent to an activating group) is 1. The second-order valence-corrected chi connectivity index (χ2v) is 19.0. The Balaban J connectivity index is 1.31. The van der Waals surface area contributed by atoms with Gasteiger partial charge >= 0.3 is 5.97 Å². The van der Waals surface area contributed by atoms with Crippen LogP contribution in [0.1, 0.15) is 83.7 Å². The van der Waals surface area contributed by atoms with Gasteiger partial charge in [-0.3, -0.25) is 34.0 Å². The summed E-state index contributed by atoms with van der Waals surface area (Å²) in [5.74, 6) is -3.65. The van der Waals surface area contributed by atoms with Crippen molar-refractivity contribution in [2.75, 3.05) is 40.4 Å². The van der Waals surface area contributed by atoms with Gasteiger partial charge in [0.1, 0.15) is 23.9 Å². The molecule has 2 aromatic carbocycles. The molecule has 3 aliphatic heterocycles. The molecule has 14 nitrogen and oxygen atoms in total. The quantitative estimate of drug-likeness (QED) is 0.136. The van der Waals surface area contributed by atoms with E-state index >= 15 is 4.39 Å². The maximum absolute atomic E-state index is 17.3. The molecule has 0 unspecified atom stereocenters. The van der Waals surface area contributed by atoms with Crippen LogP contribution in [0.5, 0.6) is 0 Å². The fourth-order valence-electron chi connectivity index (χ4n) is 9.94. The summed E-state index contributed by atoms with van der Waals surface area (Å²) < 4.78 is 31.4. The zero-order valence-electron chi connectivity index (χ0n) is 39.5. The molecule has 5 heterocycles. The first-order chi connectivity index (χ1) is 31.5. The van der Waals surface area contributed by atoms with E-state index in [1.54, 1.807) is 43.5 Å². The summed E-state index contributed by atoms with van der Waals surface area (Å²) in [6, 6.07) is 11.8. The van der Waals surface area contributed by atoms with Gasteiger partial charge in [-0.2, -0.15) is 0 Å². The van der Waals surface area contributed by atoms with Gasteiger partial charge in [-0.15, -0.1) is 0 Å². The molecular formula is C51H64FN7O7. The second-order valence-electron chi connectivity index (χ2n) is 19.0. The van der Waals surface area contributed by atoms with Crippen LogP contribution >= 0.6 is 0 Å². The predicted molar refractivity (Wildman–Crippen MR) is 250 cm³/mol. The van der Waals surface area contributed by atoms with Crippen molar-refractivity contribution < 1.29 is 37.8 Å². The van der Waals surface area contributed by atoms with Crippen molar-refractivity contribution in [1.82, 2.24) is 35.1 Å². The lowest BCUT2D eigenvalue weighted by Crippen LogP contribution is -2.62. The van der Waals surface area contributed by atoms with Crippen molar-refractivity contribution in [2.45, 2.75) is 104 Å². The summed E-state index contributed by atoms with van der Waals surface area (Å²) in [7, 11) is 3.21. The normalized spacial score (nSPS) is 21.0. The van der Waals surface area contributed by atoms with Gasteiger partial charge in [0.2, 0.25) is 17.7 Å². The Labute approximate surface area is 386 Å². The monoisotopic (exact) mass is 905 g/mol. The van der Waals surface area contributed by atoms with Crippen molar-refractivity contribution >= 4 is 40.5 Å². The molecule has 66 heavy (non-hydrogen) atoms. The lowest BCUT2D eigenvalue weighted by Gasteiger charge is -2.37. The minimum Gasteiger partial charge on any atom is -0.464 e. The van der Waals surface area contributed by atoms with E-state index in [-0.39, 0.29) is 55.5 Å². The average Bonchev–Trinajstić information content (AvgIpc) is 3.92. The molecule has 2 N–H and O–H groups in total. The number of aryl methyl sites for hydroxylation is 1. The van der Waals surface area contributed by atoms with Gasteiger partial charge in [-0.1, -0.05) is 58.5 Å². The molecular weight excluding hydrogens is 842 g/mol. The predicted octanol–water partition coefficient (Wildman–Crippen LogP) is 6.40. The molecule has 6 bridgehead atoms. The summed E-state index contributed by atoms with van der Waals surface area (Å²) in [4.78, 5) is 77.0. The third-order valence-corrected chi connectivity index (χ3v) is 13.4. The Morgan fingerprint density at radius 3 is 2.56 bits per heavy atom. The fraction of sp³-hybridized carbons (Fsp3) is 0.490. The lowest BCUT2D eigenvalue weighted by atomic mass is 9.84. The largest absolute Gasteiger partial charge is 0.464 e. The van der Waals surface area contributed by atoms with Gasteiger partial charge in [-0.25, -0.2) is 9.82 Å². The molecule has 5 atom stereocenters. The van der Waals surface area contributed by atoms with Crippen molar-refractivity contribution in [3.63, 3.8) is 0 Å². The summed E-state index contributed by atoms with van der Waals surface area (Å²) in [6.45, 7) is 16.9. The second kappa shape index (κ2) is 19.9. The summed E-state index contributed by atoms with van der Waals surface area (Å²) in [5, 5.41) is 5.16. The molecule has 3 aliphatic rings. The van der Waals surface area contributed by atoms with Crippen LogP contribution in [0.3, 0.4) is 0 Å². The van der Waals surface area contributed by atoms with Gasteiger partial charge in [0.05, 0.1) is 30.0 Å². The highest BCUT2D eigenvalue weighted by atomic mass is 19.1. The Morgan fingerprint density at radius 2 is 1.85 bits per heavy atom. The molecule has 7 rings (SSSR count). The van der Waals surface area contributed by atoms with Crippen LogP contribution in [-0.2, 0) is 52.8 Å². The highest BCUT2D eigenvalue weighted by Crippen LogP contribution is 2.42. The number of benzene rings is 2. The third kappa shape index (κ3) is 9.64. The zero-order valence-corrected chi connectivity index (χ0v) is 39.5. The Bertz CT molecular complexity index is 2520. The number of aromatic nitrogens is 2. The van der Waals surface area contributed by atoms with Crippen LogP contribution in [-0.4, -0.2) is 112 Å². The van der Waals surface area contributed by atoms with Crippen LogP contribution in [0.2, 0.25) is 0 Å². The maximum atomic E-state index is 17.3. The number of methoxy groups -OCH3 is 1. The number of rotatable bonds is 10. The molecule has 352 valence electrons. The Kier molecular flexibility index (Phi) is 14.5. The van der Waals surface area contributed by atoms with Crippen LogP contribution in [0.25, 0.3) is 33.3 Å². The molecule has 2 fully saturated rings. The first-order valence-corrected chi connectivity index (χ1v) is 23.1. The van der Waals surface area contributed by atoms with E-state index in [0.717, 1.165) is 33.4 Å². The van der Waals surface area contributed by atoms with Gasteiger partial charge in [-0.05, 0) is 92.5 Å². The molecule has 4 aromatic rings. The van der Waals surface area contributed by atoms with E-state index in [1.165, 1.54) is 16.0 Å². The first kappa shape index (κ1) is 48.0. The van der Waals surface area contributed by atoms with E-state index in [0.29, 0.717) is 49.9 Å². The van der Waals surface area contributed by atoms with E-state index < -0.39 is 53.1 Å². The number of halogens is 1. The van der Waals surface area contributed by atoms with Gasteiger partial charge in [0, 0.05) is 80.4 Å². The number of esters is 1. The highest BCUT2D eigenvalue weighted by molar-refractivity contribution is 5.96. The SMILES string of the molecule is C=CC(=O)N1CC[C@H](C(=O)N(C)[C@H](C(=O)N[C@H]2Cc3cccc(c3F)-c3ccc4c(c3)c(c(-c3cccnc3[C@H](C)OC)n4CC)CC(C)(C)COC(=O)[C@@H]3CCCN(N3)C2=O)C(C)C)C1. The number of ether oxygens (including phenoxy) is 2. The van der Waals surface area contributed by atoms with Crippen LogP contribution in [0.4, 0.5) is 4.39 Å². The van der Waals surface area contributed by atoms with Crippen molar-refractivity contribution in [3.05, 3.63) is 90.0 Å². The summed E-state index contributed by atoms with van der Waals surface area (Å²) in [5.41, 5.74) is 8.24. The van der Waals surface area contributed by atoms with Crippen LogP contribution in [0, 0.1) is 23.1 Å². The van der Waals surface area contributed by atoms with Gasteiger partial charge < -0.3 is 29.2 Å². The minimum absolute atomic E-state index is 0.0753. The third-order valence-electron chi connectivity index (χ3n) is 13.4. The molecule has 2 aromatic heterocycles. The molecule has 0 radical (unpaired) electrons. The molecule has 0 aliphatic carbocycles. The van der Waals surface area contributed by atoms with E-state index in [1.807, 2.05) is 65.0 Å². The van der Waals surface area contributed by atoms with Gasteiger partial charge in [0.25, 0.3) is 5.91 Å². The van der Waals surface area contributed by atoms with E-state index in [2.05, 4.69) is 28.8 Å². The first-order valence-electron chi connectivity index (χ1n) is 23.1. The maximum Gasteiger partial charge on any atom is 0.324 e. The zero-order chi connectivity index (χ0) is 47.6. The molecule has 4 amide bonds. The number of hydrogen-bond acceptors (Lipinski definition) is 9. The number of hydrazine groups is 1. The standard InChI is InChI=1S/C51H64FN7O7/c1-10-42(60)57-24-21-34(28-57)48(62)56(8)45(30(3)4)47(61)54-40-26-33-15-12-16-35(43(33)52)32-19-20-41-37(25-32)38(46(58(41)11-2)36-17-13-22-53-44(36)31(5)65-9)27-51(6,7)29-66-50(64)39-18-14-23-59(55-39)49(40)63/h10,12-13,15-17,19-20,22,25,30-31,34,39-40,45,55H,1,11,14,18,21,23-24,26-29H2,2-9H3,(H,54,61)/t31-,34-,39-,40-,45-/m0/s1. The highest BCUT2D eigenvalue weighted by Gasteiger charge is 2.40. The molecule has 0 spiro atoms. The number of pyridine rings is 1. The molecule has 2 saturated heterocycles. The smallest absolute Gasteiger partial charge is 0.324 e. The van der Waals surface area contributed by atoms with E-state index in [9.17, 15) is 24.0 Å². The number of nitrogens with zero attached hydrogens (tertiary/aromatic N) is 5. The summed E-state index contributed by atoms with van der Waals surface area (Å²) >= 11 is 0. The van der Waals surface area contributed by atoms with Crippen LogP contribution in [0.15, 0.2) is 67.4 Å². The Morgan fingerprint density at radius 1 is 1.09 bits per heavy atom. The van der Waals surface area contributed by atoms with Crippen molar-refractivity contribution in [3.8, 4) is 22.4 Å². The topological polar surface area (TPSA) is 155 Å². The van der Waals surface area contributed by atoms with Gasteiger partial charge in [0.15, 0.2) is 0 Å². The Hall–Kier alpha value is -5.93. The average molecular weight is 906 g/mol. The van der Waals surface area contributed by atoms with E-state index in [4.69, 9.17) is 14.5 Å². The van der Waals surface area contributed by atoms with Crippen LogP contribution < -0.4 is 10.7 Å². The number of hydrogen-bond donors (Lipinski definition) is 2. The number of amides is 4. The number of carbonyl (C=O) groups excluding carboxylic acids is 5. The van der Waals surface area contributed by atoms with Crippen molar-refractivity contribution in [2.24, 2.45) is 17.3 Å². The lowest BCUT2D eigenvalue weighted by molar-refractivity contribution is -0.155. The number of nitrogens with one attached hydrogen (secondary N) is 2.